The van der Waals surface area contributed by atoms with E-state index < -0.39 is 0 Å². The molecular formula is C15H13ClFNO. The van der Waals surface area contributed by atoms with E-state index >= 15 is 0 Å². The third kappa shape index (κ3) is 3.12. The van der Waals surface area contributed by atoms with Gasteiger partial charge >= 0.3 is 0 Å². The zero-order valence-electron chi connectivity index (χ0n) is 10.4. The van der Waals surface area contributed by atoms with Crippen LogP contribution in [0.3, 0.4) is 0 Å². The maximum absolute atomic E-state index is 13.6. The van der Waals surface area contributed by atoms with Crippen molar-refractivity contribution >= 4 is 23.6 Å². The molecule has 0 fully saturated rings. The number of hydrogen-bond acceptors (Lipinski definition) is 2. The Hall–Kier alpha value is -1.87. The van der Waals surface area contributed by atoms with Crippen LogP contribution in [0.15, 0.2) is 42.5 Å². The first-order valence-corrected chi connectivity index (χ1v) is 6.19. The van der Waals surface area contributed by atoms with E-state index in [4.69, 9.17) is 11.6 Å². The second-order valence-electron chi connectivity index (χ2n) is 4.28. The van der Waals surface area contributed by atoms with Crippen LogP contribution in [-0.2, 0) is 6.54 Å². The number of rotatable bonds is 4. The molecule has 98 valence electrons. The van der Waals surface area contributed by atoms with E-state index in [1.165, 1.54) is 6.07 Å². The summed E-state index contributed by atoms with van der Waals surface area (Å²) in [5.74, 6) is -0.241. The van der Waals surface area contributed by atoms with Gasteiger partial charge in [0.15, 0.2) is 0 Å². The topological polar surface area (TPSA) is 20.3 Å². The molecule has 0 radical (unpaired) electrons. The Balaban J connectivity index is 2.23. The fourth-order valence-electron chi connectivity index (χ4n) is 1.87. The Bertz CT molecular complexity index is 600. The zero-order chi connectivity index (χ0) is 13.8. The van der Waals surface area contributed by atoms with Gasteiger partial charge in [0.05, 0.1) is 10.7 Å². The predicted molar refractivity (Wildman–Crippen MR) is 75.3 cm³/mol. The van der Waals surface area contributed by atoms with Gasteiger partial charge in [0.25, 0.3) is 0 Å². The molecular weight excluding hydrogens is 265 g/mol. The number of anilines is 1. The van der Waals surface area contributed by atoms with E-state index in [9.17, 15) is 9.18 Å². The van der Waals surface area contributed by atoms with Crippen LogP contribution in [0.1, 0.15) is 15.9 Å². The first-order chi connectivity index (χ1) is 9.11. The normalized spacial score (nSPS) is 10.3. The lowest BCUT2D eigenvalue weighted by molar-refractivity contribution is 0.112. The van der Waals surface area contributed by atoms with Crippen LogP contribution >= 0.6 is 11.6 Å². The second kappa shape index (κ2) is 5.85. The van der Waals surface area contributed by atoms with Crippen LogP contribution in [-0.4, -0.2) is 13.3 Å². The van der Waals surface area contributed by atoms with E-state index in [0.717, 1.165) is 12.0 Å². The molecule has 0 unspecified atom stereocenters. The van der Waals surface area contributed by atoms with E-state index in [1.807, 2.05) is 11.9 Å². The summed E-state index contributed by atoms with van der Waals surface area (Å²) in [5.41, 5.74) is 1.88. The monoisotopic (exact) mass is 277 g/mol. The number of aldehydes is 1. The highest BCUT2D eigenvalue weighted by atomic mass is 35.5. The molecule has 0 bridgehead atoms. The standard InChI is InChI=1S/C15H13ClFNO/c1-18(9-12-4-2-3-5-14(12)17)15-7-6-11(10-19)8-13(15)16/h2-8,10H,9H2,1H3. The highest BCUT2D eigenvalue weighted by Gasteiger charge is 2.09. The fourth-order valence-corrected chi connectivity index (χ4v) is 2.21. The van der Waals surface area contributed by atoms with Gasteiger partial charge in [-0.25, -0.2) is 4.39 Å². The first kappa shape index (κ1) is 13.6. The zero-order valence-corrected chi connectivity index (χ0v) is 11.2. The van der Waals surface area contributed by atoms with Crippen molar-refractivity contribution in [3.8, 4) is 0 Å². The van der Waals surface area contributed by atoms with E-state index in [0.29, 0.717) is 22.7 Å². The number of carbonyl (C=O) groups is 1. The van der Waals surface area contributed by atoms with Gasteiger partial charge in [-0.3, -0.25) is 4.79 Å². The lowest BCUT2D eigenvalue weighted by Crippen LogP contribution is -2.17. The Morgan fingerprint density at radius 2 is 2.00 bits per heavy atom. The molecule has 0 saturated heterocycles. The summed E-state index contributed by atoms with van der Waals surface area (Å²) in [6.45, 7) is 0.410. The van der Waals surface area contributed by atoms with Gasteiger partial charge in [0.1, 0.15) is 12.1 Å². The SMILES string of the molecule is CN(Cc1ccccc1F)c1ccc(C=O)cc1Cl. The molecule has 0 atom stereocenters. The van der Waals surface area contributed by atoms with Crippen LogP contribution in [0.25, 0.3) is 0 Å². The van der Waals surface area contributed by atoms with Gasteiger partial charge in [0.2, 0.25) is 0 Å². The molecule has 0 spiro atoms. The highest BCUT2D eigenvalue weighted by Crippen LogP contribution is 2.27. The largest absolute Gasteiger partial charge is 0.369 e. The number of nitrogens with zero attached hydrogens (tertiary/aromatic N) is 1. The Kier molecular flexibility index (Phi) is 4.17. The van der Waals surface area contributed by atoms with Crippen molar-refractivity contribution in [1.29, 1.82) is 0 Å². The van der Waals surface area contributed by atoms with Crippen LogP contribution in [0, 0.1) is 5.82 Å². The Morgan fingerprint density at radius 3 is 2.63 bits per heavy atom. The molecule has 0 aliphatic heterocycles. The number of benzene rings is 2. The maximum atomic E-state index is 13.6. The molecule has 0 saturated carbocycles. The number of hydrogen-bond donors (Lipinski definition) is 0. The third-order valence-corrected chi connectivity index (χ3v) is 3.19. The van der Waals surface area contributed by atoms with Crippen LogP contribution in [0.4, 0.5) is 10.1 Å². The summed E-state index contributed by atoms with van der Waals surface area (Å²) >= 11 is 6.11. The van der Waals surface area contributed by atoms with Gasteiger partial charge < -0.3 is 4.90 Å². The van der Waals surface area contributed by atoms with Crippen LogP contribution in [0.2, 0.25) is 5.02 Å². The van der Waals surface area contributed by atoms with E-state index in [1.54, 1.807) is 36.4 Å². The van der Waals surface area contributed by atoms with Gasteiger partial charge in [0, 0.05) is 24.7 Å². The van der Waals surface area contributed by atoms with Gasteiger partial charge in [-0.15, -0.1) is 0 Å². The van der Waals surface area contributed by atoms with Crippen molar-refractivity contribution in [3.63, 3.8) is 0 Å². The molecule has 0 N–H and O–H groups in total. The fraction of sp³-hybridized carbons (Fsp3) is 0.133. The number of carbonyl (C=O) groups excluding carboxylic acids is 1. The maximum Gasteiger partial charge on any atom is 0.150 e. The van der Waals surface area contributed by atoms with Crippen molar-refractivity contribution in [2.45, 2.75) is 6.54 Å². The van der Waals surface area contributed by atoms with E-state index in [-0.39, 0.29) is 5.82 Å². The lowest BCUT2D eigenvalue weighted by Gasteiger charge is -2.21. The summed E-state index contributed by atoms with van der Waals surface area (Å²) in [7, 11) is 1.83. The minimum Gasteiger partial charge on any atom is -0.369 e. The van der Waals surface area contributed by atoms with Crippen LogP contribution < -0.4 is 4.90 Å². The summed E-state index contributed by atoms with van der Waals surface area (Å²) in [6, 6.07) is 11.7. The van der Waals surface area contributed by atoms with Crippen molar-refractivity contribution in [2.24, 2.45) is 0 Å². The van der Waals surface area contributed by atoms with Gasteiger partial charge in [-0.05, 0) is 24.3 Å². The number of halogens is 2. The summed E-state index contributed by atoms with van der Waals surface area (Å²) in [5, 5.41) is 0.475. The molecule has 0 aliphatic rings. The van der Waals surface area contributed by atoms with Crippen LogP contribution in [0.5, 0.6) is 0 Å². The third-order valence-electron chi connectivity index (χ3n) is 2.88. The van der Waals surface area contributed by atoms with Crippen molar-refractivity contribution in [3.05, 3.63) is 64.4 Å². The molecule has 0 aromatic heterocycles. The lowest BCUT2D eigenvalue weighted by atomic mass is 10.1. The van der Waals surface area contributed by atoms with Gasteiger partial charge in [-0.1, -0.05) is 29.8 Å². The Morgan fingerprint density at radius 1 is 1.26 bits per heavy atom. The molecule has 2 rings (SSSR count). The molecule has 0 heterocycles. The summed E-state index contributed by atoms with van der Waals surface area (Å²) < 4.78 is 13.6. The van der Waals surface area contributed by atoms with Gasteiger partial charge in [-0.2, -0.15) is 0 Å². The molecule has 0 aliphatic carbocycles. The average molecular weight is 278 g/mol. The molecule has 19 heavy (non-hydrogen) atoms. The minimum atomic E-state index is -0.241. The van der Waals surface area contributed by atoms with Crippen molar-refractivity contribution < 1.29 is 9.18 Å². The quantitative estimate of drug-likeness (QED) is 0.789. The molecule has 2 aromatic rings. The molecule has 4 heteroatoms. The van der Waals surface area contributed by atoms with Crippen molar-refractivity contribution in [2.75, 3.05) is 11.9 Å². The highest BCUT2D eigenvalue weighted by molar-refractivity contribution is 6.33. The summed E-state index contributed by atoms with van der Waals surface area (Å²) in [6.07, 6.45) is 0.743. The van der Waals surface area contributed by atoms with E-state index in [2.05, 4.69) is 0 Å². The first-order valence-electron chi connectivity index (χ1n) is 5.81. The average Bonchev–Trinajstić information content (AvgIpc) is 2.41. The smallest absolute Gasteiger partial charge is 0.150 e. The minimum absolute atomic E-state index is 0.241. The molecule has 2 nitrogen and oxygen atoms in total. The van der Waals surface area contributed by atoms with Crippen molar-refractivity contribution in [1.82, 2.24) is 0 Å². The second-order valence-corrected chi connectivity index (χ2v) is 4.68. The molecule has 2 aromatic carbocycles. The predicted octanol–water partition coefficient (Wildman–Crippen LogP) is 3.93. The Labute approximate surface area is 116 Å². The molecule has 0 amide bonds. The summed E-state index contributed by atoms with van der Waals surface area (Å²) in [4.78, 5) is 12.5.